The monoisotopic (exact) mass is 428 g/mol. The molecule has 2 aromatic carbocycles. The number of carbonyl (C=O) groups excluding carboxylic acids is 1. The number of rotatable bonds is 6. The van der Waals surface area contributed by atoms with E-state index >= 15 is 0 Å². The molecule has 0 aromatic heterocycles. The molecule has 3 N–H and O–H groups in total. The summed E-state index contributed by atoms with van der Waals surface area (Å²) >= 11 is 0. The average Bonchev–Trinajstić information content (AvgIpc) is 2.74. The van der Waals surface area contributed by atoms with Crippen molar-refractivity contribution >= 4 is 5.78 Å². The fourth-order valence-electron chi connectivity index (χ4n) is 3.95. The number of β-amino-alcohol motifs (C(OH)–C–C–N with tert-alkyl or cyclic N) is 1. The molecule has 2 atom stereocenters. The van der Waals surface area contributed by atoms with Crippen LogP contribution in [-0.2, 0) is 0 Å². The first-order chi connectivity index (χ1) is 14.9. The van der Waals surface area contributed by atoms with Crippen LogP contribution in [-0.4, -0.2) is 83.4 Å². The predicted molar refractivity (Wildman–Crippen MR) is 114 cm³/mol. The maximum atomic E-state index is 12.6. The third-order valence-electron chi connectivity index (χ3n) is 5.75. The number of benzene rings is 2. The summed E-state index contributed by atoms with van der Waals surface area (Å²) in [6.45, 7) is 4.34. The van der Waals surface area contributed by atoms with E-state index in [9.17, 15) is 20.1 Å². The fraction of sp³-hybridized carbons (Fsp3) is 0.435. The second kappa shape index (κ2) is 9.13. The Balaban J connectivity index is 1.41. The maximum Gasteiger partial charge on any atom is 0.174 e. The smallest absolute Gasteiger partial charge is 0.174 e. The van der Waals surface area contributed by atoms with Crippen molar-refractivity contribution in [2.24, 2.45) is 0 Å². The molecule has 0 radical (unpaired) electrons. The molecule has 2 aliphatic rings. The molecule has 0 aliphatic carbocycles. The molecule has 0 bridgehead atoms. The van der Waals surface area contributed by atoms with Crippen LogP contribution < -0.4 is 9.47 Å². The van der Waals surface area contributed by atoms with Gasteiger partial charge in [0.1, 0.15) is 47.4 Å². The molecule has 2 aromatic rings. The molecule has 0 amide bonds. The van der Waals surface area contributed by atoms with Gasteiger partial charge in [-0.2, -0.15) is 0 Å². The van der Waals surface area contributed by atoms with Crippen LogP contribution in [0.25, 0.3) is 0 Å². The van der Waals surface area contributed by atoms with Crippen LogP contribution in [0.2, 0.25) is 0 Å². The van der Waals surface area contributed by atoms with Crippen LogP contribution in [0, 0.1) is 0 Å². The van der Waals surface area contributed by atoms with Crippen molar-refractivity contribution in [2.45, 2.75) is 18.6 Å². The van der Waals surface area contributed by atoms with Crippen LogP contribution in [0.3, 0.4) is 0 Å². The number of aliphatic hydroxyl groups excluding tert-OH is 1. The Labute approximate surface area is 181 Å². The highest BCUT2D eigenvalue weighted by Crippen LogP contribution is 2.42. The normalized spacial score (nSPS) is 20.7. The molecule has 0 saturated carbocycles. The summed E-state index contributed by atoms with van der Waals surface area (Å²) in [6.07, 6.45) is -1.10. The minimum atomic E-state index is -0.672. The van der Waals surface area contributed by atoms with Gasteiger partial charge in [0.15, 0.2) is 5.78 Å². The van der Waals surface area contributed by atoms with E-state index in [0.29, 0.717) is 12.3 Å². The van der Waals surface area contributed by atoms with Crippen LogP contribution >= 0.6 is 0 Å². The molecular formula is C23H28N2O6. The Morgan fingerprint density at radius 2 is 1.84 bits per heavy atom. The van der Waals surface area contributed by atoms with E-state index in [1.54, 1.807) is 18.2 Å². The summed E-state index contributed by atoms with van der Waals surface area (Å²) in [5, 5.41) is 30.2. The van der Waals surface area contributed by atoms with Crippen LogP contribution in [0.4, 0.5) is 0 Å². The molecule has 166 valence electrons. The van der Waals surface area contributed by atoms with E-state index in [4.69, 9.17) is 9.47 Å². The van der Waals surface area contributed by atoms with Gasteiger partial charge in [-0.1, -0.05) is 12.1 Å². The molecule has 1 fully saturated rings. The van der Waals surface area contributed by atoms with Crippen molar-refractivity contribution in [3.8, 4) is 23.0 Å². The van der Waals surface area contributed by atoms with Gasteiger partial charge >= 0.3 is 0 Å². The van der Waals surface area contributed by atoms with E-state index in [2.05, 4.69) is 16.8 Å². The molecule has 1 saturated heterocycles. The number of hydrogen-bond acceptors (Lipinski definition) is 8. The highest BCUT2D eigenvalue weighted by atomic mass is 16.5. The minimum absolute atomic E-state index is 0.0693. The Morgan fingerprint density at radius 1 is 1.13 bits per heavy atom. The molecular weight excluding hydrogens is 400 g/mol. The van der Waals surface area contributed by atoms with Gasteiger partial charge in [-0.3, -0.25) is 9.69 Å². The number of phenols is 2. The van der Waals surface area contributed by atoms with Crippen molar-refractivity contribution in [3.05, 3.63) is 47.5 Å². The third kappa shape index (κ3) is 5.10. The summed E-state index contributed by atoms with van der Waals surface area (Å²) < 4.78 is 11.7. The molecule has 2 aliphatic heterocycles. The van der Waals surface area contributed by atoms with Crippen molar-refractivity contribution in [1.82, 2.24) is 9.80 Å². The van der Waals surface area contributed by atoms with E-state index < -0.39 is 12.2 Å². The number of likely N-dealkylation sites (N-methyl/N-ethyl adjacent to an activating group) is 1. The molecule has 0 spiro atoms. The van der Waals surface area contributed by atoms with Gasteiger partial charge in [0.2, 0.25) is 0 Å². The Kier molecular flexibility index (Phi) is 6.31. The molecule has 31 heavy (non-hydrogen) atoms. The number of ether oxygens (including phenoxy) is 2. The van der Waals surface area contributed by atoms with Gasteiger partial charge in [0.25, 0.3) is 0 Å². The summed E-state index contributed by atoms with van der Waals surface area (Å²) in [5.74, 6) is 0.286. The van der Waals surface area contributed by atoms with Crippen molar-refractivity contribution in [3.63, 3.8) is 0 Å². The Hall–Kier alpha value is -2.81. The highest BCUT2D eigenvalue weighted by molar-refractivity contribution is 6.02. The van der Waals surface area contributed by atoms with E-state index in [1.807, 2.05) is 0 Å². The van der Waals surface area contributed by atoms with Gasteiger partial charge < -0.3 is 29.7 Å². The lowest BCUT2D eigenvalue weighted by Crippen LogP contribution is -2.47. The predicted octanol–water partition coefficient (Wildman–Crippen LogP) is 1.79. The lowest BCUT2D eigenvalue weighted by molar-refractivity contribution is 0.0501. The van der Waals surface area contributed by atoms with Crippen molar-refractivity contribution in [1.29, 1.82) is 0 Å². The van der Waals surface area contributed by atoms with Gasteiger partial charge in [0, 0.05) is 44.9 Å². The van der Waals surface area contributed by atoms with E-state index in [0.717, 1.165) is 31.7 Å². The Bertz CT molecular complexity index is 924. The van der Waals surface area contributed by atoms with E-state index in [-0.39, 0.29) is 41.6 Å². The number of phenolic OH excluding ortho intramolecular Hbond substituents is 2. The largest absolute Gasteiger partial charge is 0.508 e. The molecule has 2 unspecified atom stereocenters. The first-order valence-corrected chi connectivity index (χ1v) is 10.5. The summed E-state index contributed by atoms with van der Waals surface area (Å²) in [5.41, 5.74) is 0.894. The number of aromatic hydroxyl groups is 2. The number of fused-ring (bicyclic) bond motifs is 1. The third-order valence-corrected chi connectivity index (χ3v) is 5.75. The topological polar surface area (TPSA) is 103 Å². The molecule has 2 heterocycles. The number of aliphatic hydroxyl groups is 1. The summed E-state index contributed by atoms with van der Waals surface area (Å²) in [6, 6.07) is 9.43. The maximum absolute atomic E-state index is 12.6. The highest BCUT2D eigenvalue weighted by Gasteiger charge is 2.31. The van der Waals surface area contributed by atoms with E-state index in [1.165, 1.54) is 18.2 Å². The molecule has 4 rings (SSSR count). The fourth-order valence-corrected chi connectivity index (χ4v) is 3.95. The lowest BCUT2D eigenvalue weighted by Gasteiger charge is -2.33. The second-order valence-electron chi connectivity index (χ2n) is 8.21. The molecule has 8 nitrogen and oxygen atoms in total. The summed E-state index contributed by atoms with van der Waals surface area (Å²) in [4.78, 5) is 17.0. The van der Waals surface area contributed by atoms with Gasteiger partial charge in [-0.05, 0) is 24.7 Å². The zero-order valence-corrected chi connectivity index (χ0v) is 17.5. The van der Waals surface area contributed by atoms with Crippen molar-refractivity contribution in [2.75, 3.05) is 46.4 Å². The minimum Gasteiger partial charge on any atom is -0.508 e. The second-order valence-corrected chi connectivity index (χ2v) is 8.21. The van der Waals surface area contributed by atoms with Crippen LogP contribution in [0.15, 0.2) is 36.4 Å². The van der Waals surface area contributed by atoms with Crippen LogP contribution in [0.5, 0.6) is 23.0 Å². The number of ketones is 1. The number of nitrogens with zero attached hydrogens (tertiary/aromatic N) is 2. The SMILES string of the molecule is CN1CCN(CC(O)COc2cc(O)c3c(c2)OC(c2ccc(O)cc2)CC3=O)CC1. The zero-order chi connectivity index (χ0) is 22.0. The molecule has 8 heteroatoms. The number of hydrogen-bond donors (Lipinski definition) is 3. The first-order valence-electron chi connectivity index (χ1n) is 10.5. The number of carbonyl (C=O) groups is 1. The zero-order valence-electron chi connectivity index (χ0n) is 17.5. The average molecular weight is 428 g/mol. The standard InChI is InChI=1S/C23H28N2O6/c1-24-6-8-25(9-7-24)13-17(27)14-30-18-10-19(28)23-20(29)12-21(31-22(23)11-18)15-2-4-16(26)5-3-15/h2-5,10-11,17,21,26-28H,6-9,12-14H2,1H3. The van der Waals surface area contributed by atoms with Gasteiger partial charge in [-0.25, -0.2) is 0 Å². The van der Waals surface area contributed by atoms with Gasteiger partial charge in [-0.15, -0.1) is 0 Å². The Morgan fingerprint density at radius 3 is 2.55 bits per heavy atom. The lowest BCUT2D eigenvalue weighted by atomic mass is 9.95. The number of piperazine rings is 1. The van der Waals surface area contributed by atoms with Crippen LogP contribution in [0.1, 0.15) is 28.4 Å². The number of Topliss-reactive ketones (excluding diaryl/α,β-unsaturated/α-hetero) is 1. The first kappa shape index (κ1) is 21.4. The van der Waals surface area contributed by atoms with Gasteiger partial charge in [0.05, 0.1) is 6.42 Å². The quantitative estimate of drug-likeness (QED) is 0.640. The summed E-state index contributed by atoms with van der Waals surface area (Å²) in [7, 11) is 2.08. The van der Waals surface area contributed by atoms with Crippen molar-refractivity contribution < 1.29 is 29.6 Å².